The Bertz CT molecular complexity index is 626. The minimum absolute atomic E-state index is 0.112. The molecule has 5 nitrogen and oxygen atoms in total. The van der Waals surface area contributed by atoms with Crippen LogP contribution in [0.2, 0.25) is 0 Å². The van der Waals surface area contributed by atoms with Gasteiger partial charge in [-0.1, -0.05) is 18.9 Å². The Kier molecular flexibility index (Phi) is 3.64. The van der Waals surface area contributed by atoms with Gasteiger partial charge in [-0.3, -0.25) is 9.69 Å². The highest BCUT2D eigenvalue weighted by Crippen LogP contribution is 2.35. The Morgan fingerprint density at radius 1 is 1.36 bits per heavy atom. The van der Waals surface area contributed by atoms with Gasteiger partial charge >= 0.3 is 6.03 Å². The van der Waals surface area contributed by atoms with Crippen LogP contribution < -0.4 is 5.32 Å². The highest BCUT2D eigenvalue weighted by atomic mass is 19.1. The highest BCUT2D eigenvalue weighted by molar-refractivity contribution is 6.07. The molecule has 2 fully saturated rings. The maximum atomic E-state index is 13.1. The molecule has 118 valence electrons. The third-order valence-corrected chi connectivity index (χ3v) is 4.65. The van der Waals surface area contributed by atoms with Crippen molar-refractivity contribution in [2.24, 2.45) is 0 Å². The fourth-order valence-electron chi connectivity index (χ4n) is 3.44. The summed E-state index contributed by atoms with van der Waals surface area (Å²) in [6.07, 6.45) is 2.12. The standard InChI is InChI=1S/C16H19FN2O3/c1-10-8-11(17)4-5-12(10)13(20)9-19-14(21)16(18-15(19)22)6-2-3-7-16/h4-5,8,13,20H,2-3,6-7,9H2,1H3,(H,18,22). The van der Waals surface area contributed by atoms with E-state index >= 15 is 0 Å². The minimum atomic E-state index is -1.02. The maximum Gasteiger partial charge on any atom is 0.325 e. The van der Waals surface area contributed by atoms with Crippen LogP contribution in [-0.4, -0.2) is 34.0 Å². The number of β-amino-alcohol motifs (C(OH)–C–C–N with tert-alkyl or cyclic N) is 1. The van der Waals surface area contributed by atoms with Crippen LogP contribution in [0.1, 0.15) is 42.9 Å². The molecule has 1 heterocycles. The summed E-state index contributed by atoms with van der Waals surface area (Å²) >= 11 is 0. The SMILES string of the molecule is Cc1cc(F)ccc1C(O)CN1C(=O)NC2(CCCC2)C1=O. The second-order valence-corrected chi connectivity index (χ2v) is 6.15. The van der Waals surface area contributed by atoms with Gasteiger partial charge in [0.15, 0.2) is 0 Å². The largest absolute Gasteiger partial charge is 0.387 e. The van der Waals surface area contributed by atoms with Crippen molar-refractivity contribution in [1.29, 1.82) is 0 Å². The van der Waals surface area contributed by atoms with Gasteiger partial charge in [-0.2, -0.15) is 0 Å². The minimum Gasteiger partial charge on any atom is -0.387 e. The average Bonchev–Trinajstić information content (AvgIpc) is 3.00. The van der Waals surface area contributed by atoms with Gasteiger partial charge in [0.05, 0.1) is 12.6 Å². The van der Waals surface area contributed by atoms with E-state index in [9.17, 15) is 19.1 Å². The van der Waals surface area contributed by atoms with E-state index in [1.54, 1.807) is 6.92 Å². The van der Waals surface area contributed by atoms with Crippen LogP contribution in [0, 0.1) is 12.7 Å². The summed E-state index contributed by atoms with van der Waals surface area (Å²) in [4.78, 5) is 25.7. The van der Waals surface area contributed by atoms with E-state index in [-0.39, 0.29) is 18.3 Å². The molecule has 1 atom stereocenters. The van der Waals surface area contributed by atoms with Crippen LogP contribution in [0.5, 0.6) is 0 Å². The van der Waals surface area contributed by atoms with Gasteiger partial charge in [0, 0.05) is 0 Å². The number of amides is 3. The zero-order chi connectivity index (χ0) is 15.9. The molecule has 0 aromatic heterocycles. The summed E-state index contributed by atoms with van der Waals surface area (Å²) < 4.78 is 13.1. The summed E-state index contributed by atoms with van der Waals surface area (Å²) in [6, 6.07) is 3.61. The van der Waals surface area contributed by atoms with E-state index < -0.39 is 17.7 Å². The molecule has 1 unspecified atom stereocenters. The molecule has 3 amide bonds. The maximum absolute atomic E-state index is 13.1. The molecule has 22 heavy (non-hydrogen) atoms. The Labute approximate surface area is 128 Å². The molecule has 2 aliphatic rings. The Balaban J connectivity index is 1.77. The quantitative estimate of drug-likeness (QED) is 0.840. The van der Waals surface area contributed by atoms with Gasteiger partial charge in [-0.15, -0.1) is 0 Å². The molecule has 1 aliphatic carbocycles. The Hall–Kier alpha value is -1.95. The fraction of sp³-hybridized carbons (Fsp3) is 0.500. The van der Waals surface area contributed by atoms with Gasteiger partial charge in [0.2, 0.25) is 0 Å². The zero-order valence-electron chi connectivity index (χ0n) is 12.4. The van der Waals surface area contributed by atoms with E-state index in [4.69, 9.17) is 0 Å². The molecule has 1 aromatic rings. The van der Waals surface area contributed by atoms with Gasteiger partial charge < -0.3 is 10.4 Å². The van der Waals surface area contributed by atoms with Crippen molar-refractivity contribution in [2.75, 3.05) is 6.54 Å². The summed E-state index contributed by atoms with van der Waals surface area (Å²) in [5.74, 6) is -0.637. The number of hydrogen-bond acceptors (Lipinski definition) is 3. The van der Waals surface area contributed by atoms with E-state index in [1.165, 1.54) is 18.2 Å². The molecule has 3 rings (SSSR count). The second kappa shape index (κ2) is 5.35. The van der Waals surface area contributed by atoms with E-state index in [0.717, 1.165) is 17.7 Å². The lowest BCUT2D eigenvalue weighted by Gasteiger charge is -2.22. The summed E-state index contributed by atoms with van der Waals surface area (Å²) in [5.41, 5.74) is 0.346. The summed E-state index contributed by atoms with van der Waals surface area (Å²) in [7, 11) is 0. The van der Waals surface area contributed by atoms with Crippen molar-refractivity contribution in [3.8, 4) is 0 Å². The molecule has 1 spiro atoms. The van der Waals surface area contributed by atoms with Crippen molar-refractivity contribution in [2.45, 2.75) is 44.2 Å². The molecular weight excluding hydrogens is 287 g/mol. The first-order valence-corrected chi connectivity index (χ1v) is 7.51. The number of aliphatic hydroxyl groups is 1. The Morgan fingerprint density at radius 3 is 2.68 bits per heavy atom. The second-order valence-electron chi connectivity index (χ2n) is 6.15. The summed E-state index contributed by atoms with van der Waals surface area (Å²) in [6.45, 7) is 1.57. The average molecular weight is 306 g/mol. The molecule has 0 bridgehead atoms. The van der Waals surface area contributed by atoms with Gasteiger partial charge in [-0.25, -0.2) is 9.18 Å². The Morgan fingerprint density at radius 2 is 2.05 bits per heavy atom. The number of imide groups is 1. The number of rotatable bonds is 3. The normalized spacial score (nSPS) is 21.5. The number of aryl methyl sites for hydroxylation is 1. The molecule has 2 N–H and O–H groups in total. The molecule has 1 aromatic carbocycles. The first-order chi connectivity index (χ1) is 10.4. The third kappa shape index (κ3) is 2.37. The van der Waals surface area contributed by atoms with Crippen molar-refractivity contribution < 1.29 is 19.1 Å². The van der Waals surface area contributed by atoms with Crippen LogP contribution in [-0.2, 0) is 4.79 Å². The molecular formula is C16H19FN2O3. The number of hydrogen-bond donors (Lipinski definition) is 2. The topological polar surface area (TPSA) is 69.6 Å². The van der Waals surface area contributed by atoms with Gasteiger partial charge in [0.25, 0.3) is 5.91 Å². The molecule has 1 saturated carbocycles. The monoisotopic (exact) mass is 306 g/mol. The number of aliphatic hydroxyl groups excluding tert-OH is 1. The molecule has 1 aliphatic heterocycles. The first kappa shape index (κ1) is 15.0. The lowest BCUT2D eigenvalue weighted by molar-refractivity contribution is -0.132. The van der Waals surface area contributed by atoms with E-state index in [1.807, 2.05) is 0 Å². The van der Waals surface area contributed by atoms with Crippen LogP contribution in [0.3, 0.4) is 0 Å². The number of nitrogens with one attached hydrogen (secondary N) is 1. The number of benzene rings is 1. The summed E-state index contributed by atoms with van der Waals surface area (Å²) in [5, 5.41) is 13.1. The zero-order valence-corrected chi connectivity index (χ0v) is 12.4. The smallest absolute Gasteiger partial charge is 0.325 e. The predicted octanol–water partition coefficient (Wildman–Crippen LogP) is 2.03. The van der Waals surface area contributed by atoms with Crippen molar-refractivity contribution in [3.63, 3.8) is 0 Å². The molecule has 1 saturated heterocycles. The van der Waals surface area contributed by atoms with Gasteiger partial charge in [-0.05, 0) is 43.0 Å². The number of carbonyl (C=O) groups is 2. The number of halogens is 1. The fourth-order valence-corrected chi connectivity index (χ4v) is 3.44. The third-order valence-electron chi connectivity index (χ3n) is 4.65. The molecule has 0 radical (unpaired) electrons. The van der Waals surface area contributed by atoms with Crippen LogP contribution in [0.4, 0.5) is 9.18 Å². The van der Waals surface area contributed by atoms with Crippen LogP contribution >= 0.6 is 0 Å². The van der Waals surface area contributed by atoms with Crippen molar-refractivity contribution in [1.82, 2.24) is 10.2 Å². The highest BCUT2D eigenvalue weighted by Gasteiger charge is 2.52. The van der Waals surface area contributed by atoms with E-state index in [0.29, 0.717) is 24.0 Å². The van der Waals surface area contributed by atoms with E-state index in [2.05, 4.69) is 5.32 Å². The number of carbonyl (C=O) groups excluding carboxylic acids is 2. The van der Waals surface area contributed by atoms with Crippen molar-refractivity contribution in [3.05, 3.63) is 35.1 Å². The lowest BCUT2D eigenvalue weighted by atomic mass is 9.97. The number of urea groups is 1. The number of nitrogens with zero attached hydrogens (tertiary/aromatic N) is 1. The predicted molar refractivity (Wildman–Crippen MR) is 77.5 cm³/mol. The lowest BCUT2D eigenvalue weighted by Crippen LogP contribution is -2.44. The molecule has 6 heteroatoms. The van der Waals surface area contributed by atoms with Gasteiger partial charge in [0.1, 0.15) is 11.4 Å². The van der Waals surface area contributed by atoms with Crippen LogP contribution in [0.15, 0.2) is 18.2 Å². The van der Waals surface area contributed by atoms with Crippen LogP contribution in [0.25, 0.3) is 0 Å². The van der Waals surface area contributed by atoms with Crippen molar-refractivity contribution >= 4 is 11.9 Å². The first-order valence-electron chi connectivity index (χ1n) is 7.51.